The number of hydrogen-bond acceptors (Lipinski definition) is 4. The number of methoxy groups -OCH3 is 1. The highest BCUT2D eigenvalue weighted by molar-refractivity contribution is 5.81. The Kier molecular flexibility index (Phi) is 5.15. The Balaban J connectivity index is 2.46. The van der Waals surface area contributed by atoms with Crippen molar-refractivity contribution in [3.63, 3.8) is 0 Å². The molecule has 1 aromatic rings. The summed E-state index contributed by atoms with van der Waals surface area (Å²) < 4.78 is 6.72. The average molecular weight is 254 g/mol. The molecule has 0 fully saturated rings. The summed E-state index contributed by atoms with van der Waals surface area (Å²) in [5, 5.41) is 6.98. The largest absolute Gasteiger partial charge is 0.481 e. The first-order chi connectivity index (χ1) is 8.43. The number of ether oxygens (including phenoxy) is 1. The van der Waals surface area contributed by atoms with Gasteiger partial charge in [0.1, 0.15) is 0 Å². The topological polar surface area (TPSA) is 82.2 Å². The van der Waals surface area contributed by atoms with E-state index in [1.54, 1.807) is 24.9 Å². The minimum atomic E-state index is -0.462. The standard InChI is InChI=1S/C12H22N4O2/c1-8(2)5-10(13)12(17)14-7-9-6-11(18-4)16(3)15-9/h6,8,10H,5,7,13H2,1-4H3,(H,14,17)/t10-/m0/s1. The fourth-order valence-corrected chi connectivity index (χ4v) is 1.71. The lowest BCUT2D eigenvalue weighted by molar-refractivity contribution is -0.122. The number of aromatic nitrogens is 2. The number of aryl methyl sites for hydroxylation is 1. The predicted molar refractivity (Wildman–Crippen MR) is 69.0 cm³/mol. The van der Waals surface area contributed by atoms with E-state index >= 15 is 0 Å². The van der Waals surface area contributed by atoms with Crippen LogP contribution < -0.4 is 15.8 Å². The van der Waals surface area contributed by atoms with Crippen molar-refractivity contribution >= 4 is 5.91 Å². The van der Waals surface area contributed by atoms with Gasteiger partial charge in [0.25, 0.3) is 0 Å². The summed E-state index contributed by atoms with van der Waals surface area (Å²) in [5.41, 5.74) is 6.53. The molecule has 6 heteroatoms. The predicted octanol–water partition coefficient (Wildman–Crippen LogP) is 0.418. The molecule has 0 radical (unpaired) electrons. The molecule has 1 amide bonds. The van der Waals surface area contributed by atoms with Crippen molar-refractivity contribution in [1.29, 1.82) is 0 Å². The number of nitrogens with zero attached hydrogens (tertiary/aromatic N) is 2. The third-order valence-electron chi connectivity index (χ3n) is 2.60. The molecule has 3 N–H and O–H groups in total. The van der Waals surface area contributed by atoms with Gasteiger partial charge in [-0.05, 0) is 12.3 Å². The summed E-state index contributed by atoms with van der Waals surface area (Å²) >= 11 is 0. The van der Waals surface area contributed by atoms with Crippen LogP contribution in [0, 0.1) is 5.92 Å². The normalized spacial score (nSPS) is 12.6. The molecule has 102 valence electrons. The van der Waals surface area contributed by atoms with Crippen molar-refractivity contribution < 1.29 is 9.53 Å². The van der Waals surface area contributed by atoms with E-state index in [4.69, 9.17) is 10.5 Å². The van der Waals surface area contributed by atoms with E-state index in [2.05, 4.69) is 10.4 Å². The second-order valence-corrected chi connectivity index (χ2v) is 4.76. The molecule has 0 aliphatic rings. The van der Waals surface area contributed by atoms with Crippen LogP contribution in [-0.4, -0.2) is 28.8 Å². The number of rotatable bonds is 6. The lowest BCUT2D eigenvalue weighted by Gasteiger charge is -2.13. The van der Waals surface area contributed by atoms with Crippen LogP contribution in [-0.2, 0) is 18.4 Å². The fourth-order valence-electron chi connectivity index (χ4n) is 1.71. The summed E-state index contributed by atoms with van der Waals surface area (Å²) in [7, 11) is 3.37. The summed E-state index contributed by atoms with van der Waals surface area (Å²) in [6.45, 7) is 4.44. The molecule has 0 unspecified atom stereocenters. The van der Waals surface area contributed by atoms with Gasteiger partial charge in [-0.1, -0.05) is 13.8 Å². The molecule has 0 spiro atoms. The molecule has 1 atom stereocenters. The molecule has 0 aliphatic heterocycles. The Morgan fingerprint density at radius 2 is 2.28 bits per heavy atom. The maximum atomic E-state index is 11.7. The Labute approximate surface area is 107 Å². The smallest absolute Gasteiger partial charge is 0.237 e. The monoisotopic (exact) mass is 254 g/mol. The van der Waals surface area contributed by atoms with Gasteiger partial charge in [-0.2, -0.15) is 5.10 Å². The van der Waals surface area contributed by atoms with E-state index in [9.17, 15) is 4.79 Å². The summed E-state index contributed by atoms with van der Waals surface area (Å²) in [6, 6.07) is 1.32. The van der Waals surface area contributed by atoms with Crippen molar-refractivity contribution in [2.24, 2.45) is 18.7 Å². The highest BCUT2D eigenvalue weighted by atomic mass is 16.5. The molecule has 0 saturated carbocycles. The molecule has 0 aliphatic carbocycles. The molecule has 1 aromatic heterocycles. The number of nitrogens with one attached hydrogen (secondary N) is 1. The van der Waals surface area contributed by atoms with E-state index in [0.29, 0.717) is 24.8 Å². The molecule has 18 heavy (non-hydrogen) atoms. The van der Waals surface area contributed by atoms with Crippen molar-refractivity contribution in [3.8, 4) is 5.88 Å². The number of hydrogen-bond donors (Lipinski definition) is 2. The van der Waals surface area contributed by atoms with Crippen LogP contribution in [0.3, 0.4) is 0 Å². The second-order valence-electron chi connectivity index (χ2n) is 4.76. The van der Waals surface area contributed by atoms with Gasteiger partial charge in [0, 0.05) is 13.1 Å². The Hall–Kier alpha value is -1.56. The van der Waals surface area contributed by atoms with Crippen molar-refractivity contribution in [1.82, 2.24) is 15.1 Å². The van der Waals surface area contributed by atoms with Gasteiger partial charge in [-0.15, -0.1) is 0 Å². The zero-order valence-electron chi connectivity index (χ0n) is 11.4. The Morgan fingerprint density at radius 1 is 1.61 bits per heavy atom. The summed E-state index contributed by atoms with van der Waals surface area (Å²) in [5.74, 6) is 0.916. The molecule has 1 heterocycles. The van der Waals surface area contributed by atoms with Crippen LogP contribution in [0.15, 0.2) is 6.07 Å². The quantitative estimate of drug-likeness (QED) is 0.770. The molecule has 0 bridgehead atoms. The number of nitrogens with two attached hydrogens (primary N) is 1. The Morgan fingerprint density at radius 3 is 2.78 bits per heavy atom. The van der Waals surface area contributed by atoms with Gasteiger partial charge in [0.15, 0.2) is 0 Å². The Bertz CT molecular complexity index is 401. The molecule has 6 nitrogen and oxygen atoms in total. The highest BCUT2D eigenvalue weighted by Crippen LogP contribution is 2.10. The van der Waals surface area contributed by atoms with E-state index in [0.717, 1.165) is 5.69 Å². The first kappa shape index (κ1) is 14.5. The van der Waals surface area contributed by atoms with Crippen LogP contribution >= 0.6 is 0 Å². The number of carbonyl (C=O) groups excluding carboxylic acids is 1. The molecule has 1 rings (SSSR count). The third kappa shape index (κ3) is 4.03. The highest BCUT2D eigenvalue weighted by Gasteiger charge is 2.15. The first-order valence-electron chi connectivity index (χ1n) is 6.04. The van der Waals surface area contributed by atoms with Crippen LogP contribution in [0.25, 0.3) is 0 Å². The lowest BCUT2D eigenvalue weighted by Crippen LogP contribution is -2.41. The van der Waals surface area contributed by atoms with Crippen LogP contribution in [0.4, 0.5) is 0 Å². The number of carbonyl (C=O) groups is 1. The fraction of sp³-hybridized carbons (Fsp3) is 0.667. The van der Waals surface area contributed by atoms with Crippen molar-refractivity contribution in [2.75, 3.05) is 7.11 Å². The molecule has 0 aromatic carbocycles. The lowest BCUT2D eigenvalue weighted by atomic mass is 10.0. The van der Waals surface area contributed by atoms with Crippen molar-refractivity contribution in [3.05, 3.63) is 11.8 Å². The van der Waals surface area contributed by atoms with Crippen LogP contribution in [0.5, 0.6) is 5.88 Å². The minimum absolute atomic E-state index is 0.145. The molecular weight excluding hydrogens is 232 g/mol. The van der Waals surface area contributed by atoms with E-state index in [1.165, 1.54) is 0 Å². The van der Waals surface area contributed by atoms with E-state index in [-0.39, 0.29) is 5.91 Å². The summed E-state index contributed by atoms with van der Waals surface area (Å²) in [6.07, 6.45) is 0.678. The van der Waals surface area contributed by atoms with Gasteiger partial charge in [-0.25, -0.2) is 4.68 Å². The van der Waals surface area contributed by atoms with Gasteiger partial charge in [0.05, 0.1) is 25.4 Å². The average Bonchev–Trinajstić information content (AvgIpc) is 2.65. The first-order valence-corrected chi connectivity index (χ1v) is 6.04. The minimum Gasteiger partial charge on any atom is -0.481 e. The van der Waals surface area contributed by atoms with E-state index in [1.807, 2.05) is 13.8 Å². The van der Waals surface area contributed by atoms with E-state index < -0.39 is 6.04 Å². The molecular formula is C12H22N4O2. The van der Waals surface area contributed by atoms with Crippen LogP contribution in [0.2, 0.25) is 0 Å². The maximum Gasteiger partial charge on any atom is 0.237 e. The van der Waals surface area contributed by atoms with Gasteiger partial charge < -0.3 is 15.8 Å². The van der Waals surface area contributed by atoms with Gasteiger partial charge in [0.2, 0.25) is 11.8 Å². The van der Waals surface area contributed by atoms with Crippen LogP contribution in [0.1, 0.15) is 26.0 Å². The number of amides is 1. The summed E-state index contributed by atoms with van der Waals surface area (Å²) in [4.78, 5) is 11.7. The van der Waals surface area contributed by atoms with Gasteiger partial charge >= 0.3 is 0 Å². The zero-order chi connectivity index (χ0) is 13.7. The van der Waals surface area contributed by atoms with Gasteiger partial charge in [-0.3, -0.25) is 4.79 Å². The SMILES string of the molecule is COc1cc(CNC(=O)[C@@H](N)CC(C)C)nn1C. The zero-order valence-corrected chi connectivity index (χ0v) is 11.4. The third-order valence-corrected chi connectivity index (χ3v) is 2.60. The second kappa shape index (κ2) is 6.39. The molecule has 0 saturated heterocycles. The maximum absolute atomic E-state index is 11.7. The van der Waals surface area contributed by atoms with Crippen molar-refractivity contribution in [2.45, 2.75) is 32.9 Å².